The smallest absolute Gasteiger partial charge is 0.387 e. The van der Waals surface area contributed by atoms with Crippen molar-refractivity contribution in [2.24, 2.45) is 7.05 Å². The number of nitrogens with zero attached hydrogens (tertiary/aromatic N) is 3. The van der Waals surface area contributed by atoms with Crippen molar-refractivity contribution >= 4 is 0 Å². The lowest BCUT2D eigenvalue weighted by Crippen LogP contribution is -2.14. The lowest BCUT2D eigenvalue weighted by molar-refractivity contribution is -0.0512. The van der Waals surface area contributed by atoms with E-state index in [9.17, 15) is 8.78 Å². The molecule has 0 radical (unpaired) electrons. The Labute approximate surface area is 120 Å². The van der Waals surface area contributed by atoms with Crippen LogP contribution in [0.2, 0.25) is 0 Å². The van der Waals surface area contributed by atoms with Gasteiger partial charge in [-0.05, 0) is 17.7 Å². The lowest BCUT2D eigenvalue weighted by atomic mass is 10.2. The third-order valence-electron chi connectivity index (χ3n) is 2.70. The van der Waals surface area contributed by atoms with Gasteiger partial charge in [0.2, 0.25) is 0 Å². The van der Waals surface area contributed by atoms with Gasteiger partial charge in [0.15, 0.2) is 17.3 Å². The van der Waals surface area contributed by atoms with Crippen molar-refractivity contribution in [1.82, 2.24) is 20.1 Å². The first-order chi connectivity index (χ1) is 10.1. The van der Waals surface area contributed by atoms with Gasteiger partial charge in [-0.1, -0.05) is 6.07 Å². The molecular weight excluding hydrogens is 282 g/mol. The first-order valence-corrected chi connectivity index (χ1v) is 6.25. The van der Waals surface area contributed by atoms with Crippen LogP contribution in [0.25, 0.3) is 0 Å². The second-order valence-corrected chi connectivity index (χ2v) is 4.30. The summed E-state index contributed by atoms with van der Waals surface area (Å²) in [6.45, 7) is -1.93. The monoisotopic (exact) mass is 298 g/mol. The normalized spacial score (nSPS) is 10.9. The van der Waals surface area contributed by atoms with E-state index in [0.29, 0.717) is 18.9 Å². The summed E-state index contributed by atoms with van der Waals surface area (Å²) in [6.07, 6.45) is 1.61. The summed E-state index contributed by atoms with van der Waals surface area (Å²) in [5.74, 6) is 0.947. The van der Waals surface area contributed by atoms with Crippen LogP contribution in [0, 0.1) is 0 Å². The van der Waals surface area contributed by atoms with Crippen LogP contribution >= 0.6 is 0 Å². The van der Waals surface area contributed by atoms with Crippen LogP contribution in [-0.2, 0) is 20.1 Å². The van der Waals surface area contributed by atoms with Crippen molar-refractivity contribution in [1.29, 1.82) is 0 Å². The second-order valence-electron chi connectivity index (χ2n) is 4.30. The highest BCUT2D eigenvalue weighted by molar-refractivity contribution is 5.42. The molecule has 1 aromatic heterocycles. The molecule has 0 fully saturated rings. The van der Waals surface area contributed by atoms with E-state index in [1.54, 1.807) is 30.2 Å². The number of ether oxygens (including phenoxy) is 2. The molecule has 0 unspecified atom stereocenters. The van der Waals surface area contributed by atoms with Crippen LogP contribution in [0.1, 0.15) is 11.4 Å². The van der Waals surface area contributed by atoms with E-state index in [-0.39, 0.29) is 11.5 Å². The van der Waals surface area contributed by atoms with E-state index < -0.39 is 6.61 Å². The van der Waals surface area contributed by atoms with Crippen molar-refractivity contribution in [2.75, 3.05) is 7.11 Å². The summed E-state index contributed by atoms with van der Waals surface area (Å²) in [7, 11) is 3.19. The molecule has 1 heterocycles. The zero-order valence-corrected chi connectivity index (χ0v) is 11.7. The quantitative estimate of drug-likeness (QED) is 0.843. The zero-order chi connectivity index (χ0) is 15.2. The molecule has 114 valence electrons. The number of benzene rings is 1. The summed E-state index contributed by atoms with van der Waals surface area (Å²) >= 11 is 0. The van der Waals surface area contributed by atoms with E-state index >= 15 is 0 Å². The Bertz CT molecular complexity index is 589. The highest BCUT2D eigenvalue weighted by Gasteiger charge is 2.11. The molecular formula is C13H16F2N4O2. The van der Waals surface area contributed by atoms with Gasteiger partial charge in [0.1, 0.15) is 6.33 Å². The Hall–Kier alpha value is -2.22. The lowest BCUT2D eigenvalue weighted by Gasteiger charge is -2.11. The van der Waals surface area contributed by atoms with Crippen LogP contribution in [0.15, 0.2) is 24.5 Å². The maximum atomic E-state index is 12.3. The molecule has 0 bridgehead atoms. The molecule has 0 aliphatic carbocycles. The molecule has 0 atom stereocenters. The van der Waals surface area contributed by atoms with Crippen LogP contribution in [0.4, 0.5) is 8.78 Å². The van der Waals surface area contributed by atoms with Crippen LogP contribution in [-0.4, -0.2) is 28.5 Å². The van der Waals surface area contributed by atoms with Gasteiger partial charge in [-0.15, -0.1) is 0 Å². The third-order valence-corrected chi connectivity index (χ3v) is 2.70. The molecule has 8 heteroatoms. The first-order valence-electron chi connectivity index (χ1n) is 6.25. The summed E-state index contributed by atoms with van der Waals surface area (Å²) in [5, 5.41) is 7.25. The molecule has 0 spiro atoms. The predicted molar refractivity (Wildman–Crippen MR) is 71.2 cm³/mol. The first kappa shape index (κ1) is 15.2. The number of nitrogens with one attached hydrogen (secondary N) is 1. The van der Waals surface area contributed by atoms with Crippen LogP contribution < -0.4 is 14.8 Å². The standard InChI is InChI=1S/C13H16F2N4O2/c1-19-8-17-12(18-19)7-16-6-9-3-4-10(20-2)11(5-9)21-13(14)15/h3-5,8,13,16H,6-7H2,1-2H3. The van der Waals surface area contributed by atoms with Gasteiger partial charge in [0, 0.05) is 13.6 Å². The largest absolute Gasteiger partial charge is 0.493 e. The van der Waals surface area contributed by atoms with Gasteiger partial charge in [0.25, 0.3) is 0 Å². The van der Waals surface area contributed by atoms with Crippen LogP contribution in [0.5, 0.6) is 11.5 Å². The van der Waals surface area contributed by atoms with Crippen molar-refractivity contribution in [3.63, 3.8) is 0 Å². The molecule has 0 saturated carbocycles. The number of aromatic nitrogens is 3. The molecule has 6 nitrogen and oxygen atoms in total. The summed E-state index contributed by atoms with van der Waals surface area (Å²) in [5.41, 5.74) is 0.794. The summed E-state index contributed by atoms with van der Waals surface area (Å²) < 4.78 is 35.7. The minimum absolute atomic E-state index is 0.0164. The van der Waals surface area contributed by atoms with E-state index in [1.807, 2.05) is 0 Å². The molecule has 0 aliphatic heterocycles. The number of aryl methyl sites for hydroxylation is 1. The minimum atomic E-state index is -2.89. The number of halogens is 2. The second kappa shape index (κ2) is 6.98. The van der Waals surface area contributed by atoms with E-state index in [0.717, 1.165) is 5.56 Å². The Morgan fingerprint density at radius 3 is 2.71 bits per heavy atom. The van der Waals surface area contributed by atoms with Crippen molar-refractivity contribution in [3.05, 3.63) is 35.9 Å². The van der Waals surface area contributed by atoms with Crippen molar-refractivity contribution < 1.29 is 18.3 Å². The van der Waals surface area contributed by atoms with Gasteiger partial charge < -0.3 is 14.8 Å². The number of hydrogen-bond acceptors (Lipinski definition) is 5. The van der Waals surface area contributed by atoms with Gasteiger partial charge >= 0.3 is 6.61 Å². The van der Waals surface area contributed by atoms with E-state index in [2.05, 4.69) is 20.1 Å². The Morgan fingerprint density at radius 1 is 1.29 bits per heavy atom. The van der Waals surface area contributed by atoms with Crippen molar-refractivity contribution in [2.45, 2.75) is 19.7 Å². The average Bonchev–Trinajstić information content (AvgIpc) is 2.84. The fourth-order valence-corrected chi connectivity index (χ4v) is 1.80. The minimum Gasteiger partial charge on any atom is -0.493 e. The Kier molecular flexibility index (Phi) is 5.04. The number of rotatable bonds is 7. The fraction of sp³-hybridized carbons (Fsp3) is 0.385. The zero-order valence-electron chi connectivity index (χ0n) is 11.7. The van der Waals surface area contributed by atoms with Gasteiger partial charge in [-0.3, -0.25) is 4.68 Å². The highest BCUT2D eigenvalue weighted by Crippen LogP contribution is 2.29. The van der Waals surface area contributed by atoms with Gasteiger partial charge in [-0.25, -0.2) is 4.98 Å². The molecule has 0 saturated heterocycles. The SMILES string of the molecule is COc1ccc(CNCc2ncn(C)n2)cc1OC(F)F. The third kappa shape index (κ3) is 4.38. The molecule has 2 rings (SSSR count). The molecule has 0 aliphatic rings. The Balaban J connectivity index is 1.96. The number of alkyl halides is 2. The van der Waals surface area contributed by atoms with E-state index in [4.69, 9.17) is 4.74 Å². The summed E-state index contributed by atoms with van der Waals surface area (Å²) in [4.78, 5) is 4.08. The predicted octanol–water partition coefficient (Wildman–Crippen LogP) is 1.71. The van der Waals surface area contributed by atoms with Crippen LogP contribution in [0.3, 0.4) is 0 Å². The highest BCUT2D eigenvalue weighted by atomic mass is 19.3. The number of methoxy groups -OCH3 is 1. The number of hydrogen-bond donors (Lipinski definition) is 1. The van der Waals surface area contributed by atoms with Gasteiger partial charge in [0.05, 0.1) is 13.7 Å². The molecule has 2 aromatic rings. The Morgan fingerprint density at radius 2 is 2.10 bits per heavy atom. The summed E-state index contributed by atoms with van der Waals surface area (Å²) in [6, 6.07) is 4.88. The molecule has 21 heavy (non-hydrogen) atoms. The molecule has 0 amide bonds. The molecule has 1 N–H and O–H groups in total. The molecule has 1 aromatic carbocycles. The maximum absolute atomic E-state index is 12.3. The van der Waals surface area contributed by atoms with Crippen molar-refractivity contribution in [3.8, 4) is 11.5 Å². The topological polar surface area (TPSA) is 61.2 Å². The average molecular weight is 298 g/mol. The maximum Gasteiger partial charge on any atom is 0.387 e. The fourth-order valence-electron chi connectivity index (χ4n) is 1.80. The van der Waals surface area contributed by atoms with Gasteiger partial charge in [-0.2, -0.15) is 13.9 Å². The van der Waals surface area contributed by atoms with E-state index in [1.165, 1.54) is 13.2 Å².